The Kier molecular flexibility index (Phi) is 12.5. The Morgan fingerprint density at radius 1 is 0.642 bits per heavy atom. The highest BCUT2D eigenvalue weighted by Gasteiger charge is 2.35. The molecule has 11 nitrogen and oxygen atoms in total. The second-order valence-electron chi connectivity index (χ2n) is 11.2. The van der Waals surface area contributed by atoms with Crippen LogP contribution in [-0.4, -0.2) is 34.6 Å². The number of rotatable bonds is 14. The van der Waals surface area contributed by atoms with Gasteiger partial charge in [-0.1, -0.05) is 44.0 Å². The predicted octanol–water partition coefficient (Wildman–Crippen LogP) is 10.9. The summed E-state index contributed by atoms with van der Waals surface area (Å²) in [4.78, 5) is 46.1. The van der Waals surface area contributed by atoms with Crippen molar-refractivity contribution in [2.24, 2.45) is 0 Å². The van der Waals surface area contributed by atoms with Crippen LogP contribution in [0, 0.1) is 20.2 Å². The molecule has 19 heteroatoms. The molecule has 4 aromatic carbocycles. The van der Waals surface area contributed by atoms with Crippen molar-refractivity contribution in [2.45, 2.75) is 39.0 Å². The highest BCUT2D eigenvalue weighted by atomic mass is 79.9. The molecule has 0 spiro atoms. The second-order valence-corrected chi connectivity index (χ2v) is 12.9. The lowest BCUT2D eigenvalue weighted by Gasteiger charge is -2.21. The van der Waals surface area contributed by atoms with Crippen LogP contribution in [0.4, 0.5) is 37.7 Å². The first-order valence-corrected chi connectivity index (χ1v) is 16.6. The third-order valence-corrected chi connectivity index (χ3v) is 8.66. The van der Waals surface area contributed by atoms with E-state index in [0.29, 0.717) is 24.3 Å². The number of carbonyl (C=O) groups is 2. The minimum atomic E-state index is -4.79. The zero-order chi connectivity index (χ0) is 39.4. The lowest BCUT2D eigenvalue weighted by molar-refractivity contribution is -0.385. The molecule has 0 heterocycles. The summed E-state index contributed by atoms with van der Waals surface area (Å²) >= 11 is 6.18. The van der Waals surface area contributed by atoms with Gasteiger partial charge in [-0.15, -0.1) is 0 Å². The molecular formula is C34H24Br2F6N2O9. The molecule has 0 N–H and O–H groups in total. The third-order valence-electron chi connectivity index (χ3n) is 7.34. The molecule has 0 fully saturated rings. The van der Waals surface area contributed by atoms with Crippen LogP contribution in [0.1, 0.15) is 37.8 Å². The number of benzene rings is 4. The standard InChI is InChI=1S/C34H24Br2F6N2O9/c1-17(45)11-13-51-31-25(43(47)48)7-9-27(29(31)21-5-3-19(15-23(21)35)33(37,38)39)53-28-10-8-26(44(49)50)32(52-14-12-18(2)46)30(28)22-6-4-20(16-24(22)36)34(40,41)42/h3-10,15-16H,11-14H2,1-2H3. The van der Waals surface area contributed by atoms with Gasteiger partial charge in [-0.3, -0.25) is 29.8 Å². The van der Waals surface area contributed by atoms with Gasteiger partial charge in [0, 0.05) is 45.0 Å². The highest BCUT2D eigenvalue weighted by Crippen LogP contribution is 2.53. The first kappa shape index (κ1) is 40.7. The van der Waals surface area contributed by atoms with Gasteiger partial charge >= 0.3 is 23.7 Å². The van der Waals surface area contributed by atoms with Gasteiger partial charge in [-0.25, -0.2) is 0 Å². The summed E-state index contributed by atoms with van der Waals surface area (Å²) < 4.78 is 98.9. The fourth-order valence-electron chi connectivity index (χ4n) is 4.87. The van der Waals surface area contributed by atoms with E-state index in [0.717, 1.165) is 36.4 Å². The number of carbonyl (C=O) groups excluding carboxylic acids is 2. The molecule has 0 radical (unpaired) electrons. The maximum Gasteiger partial charge on any atom is 0.416 e. The van der Waals surface area contributed by atoms with Crippen LogP contribution < -0.4 is 14.2 Å². The molecule has 280 valence electrons. The first-order chi connectivity index (χ1) is 24.7. The Labute approximate surface area is 312 Å². The molecule has 0 saturated heterocycles. The third kappa shape index (κ3) is 9.69. The predicted molar refractivity (Wildman–Crippen MR) is 184 cm³/mol. The van der Waals surface area contributed by atoms with E-state index in [-0.39, 0.29) is 67.1 Å². The lowest BCUT2D eigenvalue weighted by atomic mass is 9.99. The maximum atomic E-state index is 13.6. The molecule has 53 heavy (non-hydrogen) atoms. The van der Waals surface area contributed by atoms with Gasteiger partial charge in [-0.2, -0.15) is 26.3 Å². The average molecular weight is 878 g/mol. The number of hydrogen-bond acceptors (Lipinski definition) is 9. The molecular weight excluding hydrogens is 854 g/mol. The van der Waals surface area contributed by atoms with E-state index in [4.69, 9.17) is 14.2 Å². The average Bonchev–Trinajstić information content (AvgIpc) is 3.04. The monoisotopic (exact) mass is 876 g/mol. The smallest absolute Gasteiger partial charge is 0.416 e. The number of ketones is 2. The van der Waals surface area contributed by atoms with Crippen LogP contribution in [0.5, 0.6) is 23.0 Å². The van der Waals surface area contributed by atoms with Gasteiger partial charge in [-0.05, 0) is 50.2 Å². The zero-order valence-corrected chi connectivity index (χ0v) is 30.4. The van der Waals surface area contributed by atoms with Crippen LogP contribution in [0.25, 0.3) is 22.3 Å². The first-order valence-electron chi connectivity index (χ1n) is 15.0. The van der Waals surface area contributed by atoms with Crippen molar-refractivity contribution >= 4 is 54.8 Å². The van der Waals surface area contributed by atoms with E-state index in [1.54, 1.807) is 0 Å². The number of ether oxygens (including phenoxy) is 3. The molecule has 0 aromatic heterocycles. The number of nitro benzene ring substituents is 2. The van der Waals surface area contributed by atoms with Crippen molar-refractivity contribution in [3.8, 4) is 45.3 Å². The van der Waals surface area contributed by atoms with Gasteiger partial charge in [0.1, 0.15) is 23.1 Å². The number of alkyl halides is 6. The minimum absolute atomic E-state index is 0.119. The van der Waals surface area contributed by atoms with E-state index in [1.165, 1.54) is 13.8 Å². The van der Waals surface area contributed by atoms with Crippen LogP contribution >= 0.6 is 31.9 Å². The van der Waals surface area contributed by atoms with Crippen LogP contribution in [0.3, 0.4) is 0 Å². The Morgan fingerprint density at radius 2 is 1.00 bits per heavy atom. The van der Waals surface area contributed by atoms with Crippen molar-refractivity contribution in [2.75, 3.05) is 13.2 Å². The van der Waals surface area contributed by atoms with Crippen molar-refractivity contribution < 1.29 is 60.0 Å². The molecule has 4 aromatic rings. The lowest BCUT2D eigenvalue weighted by Crippen LogP contribution is -2.08. The quantitative estimate of drug-likeness (QED) is 0.0685. The molecule has 0 saturated carbocycles. The number of halogens is 8. The Bertz CT molecular complexity index is 1960. The summed E-state index contributed by atoms with van der Waals surface area (Å²) in [5, 5.41) is 24.4. The van der Waals surface area contributed by atoms with E-state index in [9.17, 15) is 56.2 Å². The molecule has 0 amide bonds. The van der Waals surface area contributed by atoms with E-state index >= 15 is 0 Å². The summed E-state index contributed by atoms with van der Waals surface area (Å²) in [6.45, 7) is 1.66. The SMILES string of the molecule is CC(=O)CCOc1c([N+](=O)[O-])ccc(Oc2ccc([N+](=O)[O-])c(OCCC(C)=O)c2-c2ccc(C(F)(F)F)cc2Br)c1-c1ccc(C(F)(F)F)cc1Br. The number of Topliss-reactive ketones (excluding diaryl/α,β-unsaturated/α-hetero) is 2. The van der Waals surface area contributed by atoms with Gasteiger partial charge in [0.25, 0.3) is 0 Å². The van der Waals surface area contributed by atoms with Crippen LogP contribution in [0.2, 0.25) is 0 Å². The summed E-state index contributed by atoms with van der Waals surface area (Å²) in [6.07, 6.45) is -10.0. The van der Waals surface area contributed by atoms with E-state index in [2.05, 4.69) is 31.9 Å². The molecule has 0 aliphatic heterocycles. The number of hydrogen-bond donors (Lipinski definition) is 0. The topological polar surface area (TPSA) is 148 Å². The van der Waals surface area contributed by atoms with Gasteiger partial charge in [0.05, 0.1) is 45.3 Å². The van der Waals surface area contributed by atoms with Crippen LogP contribution in [-0.2, 0) is 21.9 Å². The fourth-order valence-corrected chi connectivity index (χ4v) is 6.02. The largest absolute Gasteiger partial charge is 0.486 e. The van der Waals surface area contributed by atoms with Crippen molar-refractivity contribution in [1.29, 1.82) is 0 Å². The number of nitrogens with zero attached hydrogens (tertiary/aromatic N) is 2. The summed E-state index contributed by atoms with van der Waals surface area (Å²) in [7, 11) is 0. The number of nitro groups is 2. The Morgan fingerprint density at radius 3 is 1.28 bits per heavy atom. The Balaban J connectivity index is 2.08. The fraction of sp³-hybridized carbons (Fsp3) is 0.235. The normalized spacial score (nSPS) is 11.6. The van der Waals surface area contributed by atoms with Gasteiger partial charge in [0.15, 0.2) is 0 Å². The molecule has 0 unspecified atom stereocenters. The van der Waals surface area contributed by atoms with Crippen molar-refractivity contribution in [3.63, 3.8) is 0 Å². The summed E-state index contributed by atoms with van der Waals surface area (Å²) in [6, 6.07) is 8.79. The van der Waals surface area contributed by atoms with Gasteiger partial charge < -0.3 is 14.2 Å². The van der Waals surface area contributed by atoms with Crippen molar-refractivity contribution in [3.05, 3.63) is 101 Å². The zero-order valence-electron chi connectivity index (χ0n) is 27.2. The molecule has 0 bridgehead atoms. The van der Waals surface area contributed by atoms with E-state index < -0.39 is 69.4 Å². The van der Waals surface area contributed by atoms with Crippen molar-refractivity contribution in [1.82, 2.24) is 0 Å². The minimum Gasteiger partial charge on any atom is -0.486 e. The second kappa shape index (κ2) is 16.3. The summed E-state index contributed by atoms with van der Waals surface area (Å²) in [5.41, 5.74) is -4.35. The molecule has 4 rings (SSSR count). The van der Waals surface area contributed by atoms with Gasteiger partial charge in [0.2, 0.25) is 11.5 Å². The van der Waals surface area contributed by atoms with Crippen LogP contribution in [0.15, 0.2) is 69.6 Å². The van der Waals surface area contributed by atoms with E-state index in [1.807, 2.05) is 0 Å². The molecule has 0 atom stereocenters. The molecule has 0 aliphatic rings. The maximum absolute atomic E-state index is 13.6. The summed E-state index contributed by atoms with van der Waals surface area (Å²) in [5.74, 6) is -2.42. The molecule has 0 aliphatic carbocycles. The Hall–Kier alpha value is -5.04. The highest BCUT2D eigenvalue weighted by molar-refractivity contribution is 9.11.